The molecular formula is C11H13N2. The summed E-state index contributed by atoms with van der Waals surface area (Å²) in [5, 5.41) is 1.21. The van der Waals surface area contributed by atoms with Crippen molar-refractivity contribution >= 4 is 11.0 Å². The van der Waals surface area contributed by atoms with Crippen LogP contribution in [0.3, 0.4) is 0 Å². The molecule has 2 heterocycles. The molecule has 2 heteroatoms. The van der Waals surface area contributed by atoms with Crippen LogP contribution in [0.15, 0.2) is 30.6 Å². The number of fused-ring (bicyclic) bond motifs is 1. The smallest absolute Gasteiger partial charge is 0.139 e. The van der Waals surface area contributed by atoms with Crippen LogP contribution in [0.4, 0.5) is 0 Å². The molecule has 2 nitrogen and oxygen atoms in total. The van der Waals surface area contributed by atoms with Crippen LogP contribution in [0.25, 0.3) is 11.0 Å². The minimum absolute atomic E-state index is 0.959. The summed E-state index contributed by atoms with van der Waals surface area (Å²) in [6.45, 7) is 5.23. The zero-order valence-electron chi connectivity index (χ0n) is 7.99. The fourth-order valence-electron chi connectivity index (χ4n) is 1.49. The Hall–Kier alpha value is -1.31. The number of aromatic nitrogens is 2. The molecule has 0 aliphatic carbocycles. The third kappa shape index (κ3) is 1.57. The summed E-state index contributed by atoms with van der Waals surface area (Å²) >= 11 is 0. The highest BCUT2D eigenvalue weighted by atomic mass is 15.0. The summed E-state index contributed by atoms with van der Waals surface area (Å²) in [5.41, 5.74) is 1.07. The van der Waals surface area contributed by atoms with Crippen LogP contribution in [0.5, 0.6) is 0 Å². The summed E-state index contributed by atoms with van der Waals surface area (Å²) in [7, 11) is 0. The molecule has 0 saturated heterocycles. The van der Waals surface area contributed by atoms with Gasteiger partial charge in [0.25, 0.3) is 0 Å². The molecular weight excluding hydrogens is 160 g/mol. The first kappa shape index (κ1) is 8.30. The van der Waals surface area contributed by atoms with E-state index in [9.17, 15) is 0 Å². The second-order valence-electron chi connectivity index (χ2n) is 3.57. The van der Waals surface area contributed by atoms with E-state index >= 15 is 0 Å². The topological polar surface area (TPSA) is 17.8 Å². The summed E-state index contributed by atoms with van der Waals surface area (Å²) < 4.78 is 2.17. The Labute approximate surface area is 78.2 Å². The van der Waals surface area contributed by atoms with Gasteiger partial charge in [-0.2, -0.15) is 0 Å². The first-order chi connectivity index (χ1) is 6.27. The molecule has 2 aromatic heterocycles. The van der Waals surface area contributed by atoms with Gasteiger partial charge in [0, 0.05) is 24.3 Å². The van der Waals surface area contributed by atoms with E-state index in [1.54, 1.807) is 0 Å². The molecule has 0 aromatic carbocycles. The predicted octanol–water partition coefficient (Wildman–Crippen LogP) is 2.65. The number of rotatable bonds is 2. The van der Waals surface area contributed by atoms with E-state index in [0.29, 0.717) is 0 Å². The van der Waals surface area contributed by atoms with E-state index in [-0.39, 0.29) is 0 Å². The van der Waals surface area contributed by atoms with Gasteiger partial charge >= 0.3 is 0 Å². The van der Waals surface area contributed by atoms with Crippen LogP contribution >= 0.6 is 0 Å². The Kier molecular flexibility index (Phi) is 2.05. The Balaban J connectivity index is 2.46. The molecule has 0 spiro atoms. The van der Waals surface area contributed by atoms with Crippen LogP contribution in [-0.2, 0) is 6.54 Å². The molecule has 0 saturated carbocycles. The highest BCUT2D eigenvalue weighted by Crippen LogP contribution is 2.14. The van der Waals surface area contributed by atoms with Crippen molar-refractivity contribution in [1.29, 1.82) is 0 Å². The van der Waals surface area contributed by atoms with Gasteiger partial charge in [-0.3, -0.25) is 0 Å². The molecule has 0 aliphatic heterocycles. The van der Waals surface area contributed by atoms with Gasteiger partial charge in [-0.05, 0) is 24.1 Å². The minimum Gasteiger partial charge on any atom is -0.332 e. The zero-order valence-corrected chi connectivity index (χ0v) is 7.99. The van der Waals surface area contributed by atoms with Crippen molar-refractivity contribution in [2.75, 3.05) is 0 Å². The zero-order chi connectivity index (χ0) is 9.26. The molecule has 0 unspecified atom stereocenters. The normalized spacial score (nSPS) is 11.3. The largest absolute Gasteiger partial charge is 0.332 e. The predicted molar refractivity (Wildman–Crippen MR) is 54.3 cm³/mol. The molecule has 2 aromatic rings. The fourth-order valence-corrected chi connectivity index (χ4v) is 1.49. The number of pyridine rings is 1. The van der Waals surface area contributed by atoms with Crippen molar-refractivity contribution < 1.29 is 0 Å². The molecule has 0 aliphatic rings. The van der Waals surface area contributed by atoms with Gasteiger partial charge in [0.15, 0.2) is 0 Å². The molecule has 0 N–H and O–H groups in total. The molecule has 13 heavy (non-hydrogen) atoms. The average Bonchev–Trinajstić information content (AvgIpc) is 2.48. The van der Waals surface area contributed by atoms with Crippen LogP contribution < -0.4 is 0 Å². The second-order valence-corrected chi connectivity index (χ2v) is 3.57. The lowest BCUT2D eigenvalue weighted by Crippen LogP contribution is -2.01. The third-order valence-electron chi connectivity index (χ3n) is 2.01. The van der Waals surface area contributed by atoms with E-state index in [0.717, 1.165) is 12.2 Å². The maximum atomic E-state index is 4.34. The van der Waals surface area contributed by atoms with Crippen LogP contribution in [0.2, 0.25) is 0 Å². The van der Waals surface area contributed by atoms with Crippen molar-refractivity contribution in [3.8, 4) is 0 Å². The first-order valence-corrected chi connectivity index (χ1v) is 4.46. The van der Waals surface area contributed by atoms with Crippen molar-refractivity contribution in [3.05, 3.63) is 36.5 Å². The maximum absolute atomic E-state index is 4.34. The van der Waals surface area contributed by atoms with Crippen molar-refractivity contribution in [2.24, 2.45) is 0 Å². The summed E-state index contributed by atoms with van der Waals surface area (Å²) in [4.78, 5) is 4.34. The monoisotopic (exact) mass is 173 g/mol. The standard InChI is InChI=1S/C11H13N2/c1-9(2)8-13-7-5-10-4-3-6-12-11(10)13/h3-7H,8H2,1-2H3. The average molecular weight is 173 g/mol. The Morgan fingerprint density at radius 2 is 2.23 bits per heavy atom. The summed E-state index contributed by atoms with van der Waals surface area (Å²) in [5.74, 6) is 1.39. The van der Waals surface area contributed by atoms with Gasteiger partial charge in [-0.15, -0.1) is 0 Å². The minimum atomic E-state index is 0.959. The lowest BCUT2D eigenvalue weighted by Gasteiger charge is -2.06. The van der Waals surface area contributed by atoms with Crippen molar-refractivity contribution in [2.45, 2.75) is 20.4 Å². The molecule has 67 valence electrons. The van der Waals surface area contributed by atoms with E-state index in [1.807, 2.05) is 12.3 Å². The molecule has 0 atom stereocenters. The van der Waals surface area contributed by atoms with E-state index in [2.05, 4.69) is 41.7 Å². The van der Waals surface area contributed by atoms with E-state index in [4.69, 9.17) is 0 Å². The van der Waals surface area contributed by atoms with E-state index in [1.165, 1.54) is 11.3 Å². The molecule has 0 bridgehead atoms. The van der Waals surface area contributed by atoms with Crippen LogP contribution in [-0.4, -0.2) is 9.55 Å². The number of hydrogen-bond donors (Lipinski definition) is 0. The summed E-state index contributed by atoms with van der Waals surface area (Å²) in [6.07, 6.45) is 3.93. The Morgan fingerprint density at radius 3 is 3.00 bits per heavy atom. The van der Waals surface area contributed by atoms with Crippen LogP contribution in [0, 0.1) is 5.92 Å². The molecule has 1 radical (unpaired) electrons. The van der Waals surface area contributed by atoms with Gasteiger partial charge in [0.2, 0.25) is 0 Å². The molecule has 2 rings (SSSR count). The van der Waals surface area contributed by atoms with Gasteiger partial charge < -0.3 is 4.57 Å². The SMILES string of the molecule is C[C](C)Cn1ccc2cccnc21. The molecule has 0 fully saturated rings. The Bertz CT molecular complexity index is 401. The number of hydrogen-bond acceptors (Lipinski definition) is 1. The fraction of sp³-hybridized carbons (Fsp3) is 0.273. The van der Waals surface area contributed by atoms with Crippen LogP contribution in [0.1, 0.15) is 13.8 Å². The van der Waals surface area contributed by atoms with E-state index < -0.39 is 0 Å². The lowest BCUT2D eigenvalue weighted by atomic mass is 10.2. The third-order valence-corrected chi connectivity index (χ3v) is 2.01. The summed E-state index contributed by atoms with van der Waals surface area (Å²) in [6, 6.07) is 6.16. The Morgan fingerprint density at radius 1 is 1.38 bits per heavy atom. The highest BCUT2D eigenvalue weighted by Gasteiger charge is 2.02. The van der Waals surface area contributed by atoms with Gasteiger partial charge in [0.05, 0.1) is 0 Å². The maximum Gasteiger partial charge on any atom is 0.139 e. The van der Waals surface area contributed by atoms with Crippen molar-refractivity contribution in [1.82, 2.24) is 9.55 Å². The number of nitrogens with zero attached hydrogens (tertiary/aromatic N) is 2. The van der Waals surface area contributed by atoms with Gasteiger partial charge in [-0.25, -0.2) is 4.98 Å². The quantitative estimate of drug-likeness (QED) is 0.682. The lowest BCUT2D eigenvalue weighted by molar-refractivity contribution is 0.731. The first-order valence-electron chi connectivity index (χ1n) is 4.46. The van der Waals surface area contributed by atoms with Gasteiger partial charge in [-0.1, -0.05) is 13.8 Å². The second kappa shape index (κ2) is 3.21. The highest BCUT2D eigenvalue weighted by molar-refractivity contribution is 5.75. The molecule has 0 amide bonds. The van der Waals surface area contributed by atoms with Gasteiger partial charge in [0.1, 0.15) is 5.65 Å². The van der Waals surface area contributed by atoms with Crippen molar-refractivity contribution in [3.63, 3.8) is 0 Å².